The average molecular weight is 180 g/mol. The fraction of sp³-hybridized carbons (Fsp3) is 0.727. The van der Waals surface area contributed by atoms with Gasteiger partial charge in [0.15, 0.2) is 0 Å². The monoisotopic (exact) mass is 180 g/mol. The molecule has 0 bridgehead atoms. The van der Waals surface area contributed by atoms with Crippen molar-refractivity contribution in [2.45, 2.75) is 47.1 Å². The Kier molecular flexibility index (Phi) is 3.12. The molecule has 2 heteroatoms. The predicted octanol–water partition coefficient (Wildman–Crippen LogP) is 2.88. The van der Waals surface area contributed by atoms with Gasteiger partial charge in [-0.05, 0) is 23.8 Å². The van der Waals surface area contributed by atoms with Gasteiger partial charge in [-0.25, -0.2) is 0 Å². The molecular formula is C11H20N2. The standard InChI is InChI=1S/C11H20N2/c1-5-6-13-9-10(8-12-13)7-11(2,3)4/h8-9H,5-7H2,1-4H3. The highest BCUT2D eigenvalue weighted by Crippen LogP contribution is 2.19. The van der Waals surface area contributed by atoms with Crippen LogP contribution >= 0.6 is 0 Å². The first kappa shape index (κ1) is 10.3. The van der Waals surface area contributed by atoms with Gasteiger partial charge in [0.2, 0.25) is 0 Å². The molecule has 0 aliphatic heterocycles. The molecule has 0 fully saturated rings. The van der Waals surface area contributed by atoms with Gasteiger partial charge in [-0.3, -0.25) is 4.68 Å². The molecule has 1 aromatic heterocycles. The van der Waals surface area contributed by atoms with Gasteiger partial charge in [0, 0.05) is 12.7 Å². The highest BCUT2D eigenvalue weighted by atomic mass is 15.3. The lowest BCUT2D eigenvalue weighted by molar-refractivity contribution is 0.411. The molecule has 0 unspecified atom stereocenters. The van der Waals surface area contributed by atoms with E-state index < -0.39 is 0 Å². The van der Waals surface area contributed by atoms with Crippen LogP contribution in [0.3, 0.4) is 0 Å². The summed E-state index contributed by atoms with van der Waals surface area (Å²) in [5.74, 6) is 0. The first-order chi connectivity index (χ1) is 6.01. The van der Waals surface area contributed by atoms with Gasteiger partial charge >= 0.3 is 0 Å². The van der Waals surface area contributed by atoms with Crippen LogP contribution < -0.4 is 0 Å². The molecule has 0 aromatic carbocycles. The Morgan fingerprint density at radius 1 is 1.38 bits per heavy atom. The van der Waals surface area contributed by atoms with Crippen molar-refractivity contribution in [1.82, 2.24) is 9.78 Å². The first-order valence-corrected chi connectivity index (χ1v) is 5.02. The van der Waals surface area contributed by atoms with Gasteiger partial charge in [-0.1, -0.05) is 27.7 Å². The minimum atomic E-state index is 0.361. The Bertz CT molecular complexity index is 255. The molecule has 0 amide bonds. The molecule has 74 valence electrons. The van der Waals surface area contributed by atoms with Crippen molar-refractivity contribution >= 4 is 0 Å². The Balaban J connectivity index is 2.59. The molecule has 0 radical (unpaired) electrons. The molecule has 0 spiro atoms. The Morgan fingerprint density at radius 2 is 2.08 bits per heavy atom. The van der Waals surface area contributed by atoms with Crippen molar-refractivity contribution in [2.24, 2.45) is 5.41 Å². The van der Waals surface area contributed by atoms with E-state index in [1.165, 1.54) is 5.56 Å². The summed E-state index contributed by atoms with van der Waals surface area (Å²) in [4.78, 5) is 0. The van der Waals surface area contributed by atoms with E-state index in [-0.39, 0.29) is 0 Å². The van der Waals surface area contributed by atoms with Crippen LogP contribution in [0.1, 0.15) is 39.7 Å². The third kappa shape index (κ3) is 3.62. The Hall–Kier alpha value is -0.790. The molecule has 0 saturated heterocycles. The molecule has 1 aromatic rings. The summed E-state index contributed by atoms with van der Waals surface area (Å²) >= 11 is 0. The number of aryl methyl sites for hydroxylation is 1. The van der Waals surface area contributed by atoms with Crippen LogP contribution in [0.25, 0.3) is 0 Å². The van der Waals surface area contributed by atoms with Crippen molar-refractivity contribution in [3.63, 3.8) is 0 Å². The SMILES string of the molecule is CCCn1cc(CC(C)(C)C)cn1. The van der Waals surface area contributed by atoms with Gasteiger partial charge in [0.25, 0.3) is 0 Å². The molecule has 1 rings (SSSR count). The highest BCUT2D eigenvalue weighted by molar-refractivity contribution is 5.06. The van der Waals surface area contributed by atoms with E-state index in [1.807, 2.05) is 10.9 Å². The van der Waals surface area contributed by atoms with Gasteiger partial charge in [-0.2, -0.15) is 5.10 Å². The summed E-state index contributed by atoms with van der Waals surface area (Å²) < 4.78 is 2.03. The van der Waals surface area contributed by atoms with Gasteiger partial charge in [0.1, 0.15) is 0 Å². The molecule has 0 saturated carbocycles. The molecule has 13 heavy (non-hydrogen) atoms. The van der Waals surface area contributed by atoms with E-state index in [0.717, 1.165) is 19.4 Å². The Labute approximate surface area is 81.0 Å². The van der Waals surface area contributed by atoms with Crippen molar-refractivity contribution in [1.29, 1.82) is 0 Å². The number of rotatable bonds is 3. The van der Waals surface area contributed by atoms with Crippen molar-refractivity contribution in [2.75, 3.05) is 0 Å². The fourth-order valence-electron chi connectivity index (χ4n) is 1.46. The summed E-state index contributed by atoms with van der Waals surface area (Å²) in [6.07, 6.45) is 6.41. The van der Waals surface area contributed by atoms with Crippen LogP contribution in [0.2, 0.25) is 0 Å². The lowest BCUT2D eigenvalue weighted by atomic mass is 9.89. The molecule has 0 atom stereocenters. The number of aromatic nitrogens is 2. The maximum atomic E-state index is 4.31. The van der Waals surface area contributed by atoms with Crippen LogP contribution in [0.15, 0.2) is 12.4 Å². The van der Waals surface area contributed by atoms with Gasteiger partial charge in [0.05, 0.1) is 6.20 Å². The summed E-state index contributed by atoms with van der Waals surface area (Å²) in [6.45, 7) is 9.97. The van der Waals surface area contributed by atoms with E-state index in [9.17, 15) is 0 Å². The maximum absolute atomic E-state index is 4.31. The highest BCUT2D eigenvalue weighted by Gasteiger charge is 2.12. The predicted molar refractivity (Wildman–Crippen MR) is 55.7 cm³/mol. The van der Waals surface area contributed by atoms with Crippen molar-refractivity contribution in [3.05, 3.63) is 18.0 Å². The van der Waals surface area contributed by atoms with Crippen LogP contribution in [-0.2, 0) is 13.0 Å². The van der Waals surface area contributed by atoms with Gasteiger partial charge in [-0.15, -0.1) is 0 Å². The van der Waals surface area contributed by atoms with Gasteiger partial charge < -0.3 is 0 Å². The van der Waals surface area contributed by atoms with Crippen LogP contribution in [-0.4, -0.2) is 9.78 Å². The van der Waals surface area contributed by atoms with Crippen molar-refractivity contribution < 1.29 is 0 Å². The molecule has 0 N–H and O–H groups in total. The molecular weight excluding hydrogens is 160 g/mol. The minimum absolute atomic E-state index is 0.361. The summed E-state index contributed by atoms with van der Waals surface area (Å²) in [5.41, 5.74) is 1.71. The number of hydrogen-bond donors (Lipinski definition) is 0. The zero-order valence-electron chi connectivity index (χ0n) is 9.17. The number of nitrogens with zero attached hydrogens (tertiary/aromatic N) is 2. The fourth-order valence-corrected chi connectivity index (χ4v) is 1.46. The minimum Gasteiger partial charge on any atom is -0.272 e. The normalized spacial score (nSPS) is 12.0. The van der Waals surface area contributed by atoms with E-state index in [4.69, 9.17) is 0 Å². The summed E-state index contributed by atoms with van der Waals surface area (Å²) in [7, 11) is 0. The van der Waals surface area contributed by atoms with Crippen LogP contribution in [0.4, 0.5) is 0 Å². The topological polar surface area (TPSA) is 17.8 Å². The first-order valence-electron chi connectivity index (χ1n) is 5.02. The lowest BCUT2D eigenvalue weighted by Gasteiger charge is -2.16. The quantitative estimate of drug-likeness (QED) is 0.699. The maximum Gasteiger partial charge on any atom is 0.0521 e. The molecule has 0 aliphatic rings. The van der Waals surface area contributed by atoms with E-state index in [1.54, 1.807) is 0 Å². The third-order valence-corrected chi connectivity index (χ3v) is 1.87. The summed E-state index contributed by atoms with van der Waals surface area (Å²) in [5, 5.41) is 4.31. The largest absolute Gasteiger partial charge is 0.272 e. The van der Waals surface area contributed by atoms with E-state index in [2.05, 4.69) is 39.0 Å². The molecule has 1 heterocycles. The van der Waals surface area contributed by atoms with Crippen LogP contribution in [0.5, 0.6) is 0 Å². The molecule has 0 aliphatic carbocycles. The zero-order chi connectivity index (χ0) is 9.90. The van der Waals surface area contributed by atoms with E-state index in [0.29, 0.717) is 5.41 Å². The third-order valence-electron chi connectivity index (χ3n) is 1.87. The van der Waals surface area contributed by atoms with Crippen molar-refractivity contribution in [3.8, 4) is 0 Å². The Morgan fingerprint density at radius 3 is 2.62 bits per heavy atom. The zero-order valence-corrected chi connectivity index (χ0v) is 9.17. The second-order valence-electron chi connectivity index (χ2n) is 4.85. The number of hydrogen-bond acceptors (Lipinski definition) is 1. The second kappa shape index (κ2) is 3.95. The van der Waals surface area contributed by atoms with E-state index >= 15 is 0 Å². The average Bonchev–Trinajstić information content (AvgIpc) is 2.33. The molecule has 2 nitrogen and oxygen atoms in total. The summed E-state index contributed by atoms with van der Waals surface area (Å²) in [6, 6.07) is 0. The lowest BCUT2D eigenvalue weighted by Crippen LogP contribution is -2.08. The van der Waals surface area contributed by atoms with Crippen LogP contribution in [0, 0.1) is 5.41 Å². The smallest absolute Gasteiger partial charge is 0.0521 e. The second-order valence-corrected chi connectivity index (χ2v) is 4.85.